The Kier molecular flexibility index (Phi) is 2.54. The van der Waals surface area contributed by atoms with Crippen LogP contribution in [0.25, 0.3) is 0 Å². The first-order valence-electron chi connectivity index (χ1n) is 8.04. The molecule has 1 heteroatoms. The maximum atomic E-state index is 2.80. The predicted molar refractivity (Wildman–Crippen MR) is 70.9 cm³/mol. The molecule has 0 amide bonds. The number of likely N-dealkylation sites (tertiary alicyclic amines) is 1. The summed E-state index contributed by atoms with van der Waals surface area (Å²) >= 11 is 0. The highest BCUT2D eigenvalue weighted by Gasteiger charge is 2.48. The van der Waals surface area contributed by atoms with Crippen molar-refractivity contribution >= 4 is 0 Å². The first kappa shape index (κ1) is 10.8. The van der Waals surface area contributed by atoms with Crippen molar-refractivity contribution in [1.29, 1.82) is 0 Å². The fourth-order valence-electron chi connectivity index (χ4n) is 5.98. The molecule has 0 radical (unpaired) electrons. The van der Waals surface area contributed by atoms with Crippen LogP contribution in [0.3, 0.4) is 0 Å². The molecule has 1 saturated heterocycles. The molecule has 0 N–H and O–H groups in total. The second-order valence-corrected chi connectivity index (χ2v) is 7.74. The average Bonchev–Trinajstić information content (AvgIpc) is 2.68. The van der Waals surface area contributed by atoms with Crippen LogP contribution >= 0.6 is 0 Å². The number of nitrogens with zero attached hydrogens (tertiary/aromatic N) is 1. The van der Waals surface area contributed by atoms with Crippen molar-refractivity contribution in [2.45, 2.75) is 57.8 Å². The summed E-state index contributed by atoms with van der Waals surface area (Å²) in [6, 6.07) is 0. The summed E-state index contributed by atoms with van der Waals surface area (Å²) in [5, 5.41) is 0. The van der Waals surface area contributed by atoms with Gasteiger partial charge in [0.25, 0.3) is 0 Å². The molecule has 4 bridgehead atoms. The zero-order valence-corrected chi connectivity index (χ0v) is 11.2. The van der Waals surface area contributed by atoms with Gasteiger partial charge in [-0.25, -0.2) is 0 Å². The minimum atomic E-state index is 0.775. The molecule has 0 aromatic carbocycles. The van der Waals surface area contributed by atoms with Gasteiger partial charge in [0.15, 0.2) is 0 Å². The fraction of sp³-hybridized carbons (Fsp3) is 1.00. The van der Waals surface area contributed by atoms with Crippen molar-refractivity contribution in [2.75, 3.05) is 19.6 Å². The Hall–Kier alpha value is -0.0400. The molecule has 0 aromatic heterocycles. The molecule has 2 unspecified atom stereocenters. The molecule has 4 atom stereocenters. The molecule has 4 saturated carbocycles. The fourth-order valence-corrected chi connectivity index (χ4v) is 5.98. The van der Waals surface area contributed by atoms with Gasteiger partial charge in [0, 0.05) is 6.54 Å². The van der Waals surface area contributed by atoms with E-state index in [1.807, 2.05) is 0 Å². The van der Waals surface area contributed by atoms with E-state index in [0.717, 1.165) is 23.2 Å². The summed E-state index contributed by atoms with van der Waals surface area (Å²) in [5.41, 5.74) is 0.775. The highest BCUT2D eigenvalue weighted by atomic mass is 15.1. The van der Waals surface area contributed by atoms with Crippen molar-refractivity contribution in [3.05, 3.63) is 0 Å². The van der Waals surface area contributed by atoms with Crippen LogP contribution in [0, 0.1) is 23.2 Å². The van der Waals surface area contributed by atoms with E-state index in [4.69, 9.17) is 0 Å². The van der Waals surface area contributed by atoms with Gasteiger partial charge in [-0.05, 0) is 81.2 Å². The van der Waals surface area contributed by atoms with Crippen LogP contribution in [0.15, 0.2) is 0 Å². The maximum absolute atomic E-state index is 2.80. The van der Waals surface area contributed by atoms with E-state index in [1.165, 1.54) is 32.5 Å². The van der Waals surface area contributed by atoms with Crippen LogP contribution < -0.4 is 0 Å². The lowest BCUT2D eigenvalue weighted by Crippen LogP contribution is -2.45. The van der Waals surface area contributed by atoms with Gasteiger partial charge in [-0.15, -0.1) is 0 Å². The van der Waals surface area contributed by atoms with Crippen molar-refractivity contribution in [3.8, 4) is 0 Å². The lowest BCUT2D eigenvalue weighted by atomic mass is 9.58. The quantitative estimate of drug-likeness (QED) is 0.703. The molecule has 5 aliphatic rings. The standard InChI is InChI=1S/C16H27N/c1-2-6-17(5-1)12-16-9-13-3-4-14(10-16)8-15(7-13)11-16/h13-15H,1-12H2/t13-,14+,15?,16?. The molecule has 1 heterocycles. The largest absolute Gasteiger partial charge is 0.303 e. The van der Waals surface area contributed by atoms with Gasteiger partial charge >= 0.3 is 0 Å². The number of fused-ring (bicyclic) bond motifs is 1. The van der Waals surface area contributed by atoms with Crippen molar-refractivity contribution < 1.29 is 0 Å². The van der Waals surface area contributed by atoms with E-state index in [1.54, 1.807) is 44.9 Å². The highest BCUT2D eigenvalue weighted by molar-refractivity contribution is 5.00. The molecule has 1 nitrogen and oxygen atoms in total. The lowest BCUT2D eigenvalue weighted by molar-refractivity contribution is 0.00877. The molecule has 96 valence electrons. The van der Waals surface area contributed by atoms with E-state index in [9.17, 15) is 0 Å². The Labute approximate surface area is 106 Å². The Morgan fingerprint density at radius 3 is 2.06 bits per heavy atom. The van der Waals surface area contributed by atoms with Gasteiger partial charge in [-0.2, -0.15) is 0 Å². The second kappa shape index (κ2) is 3.98. The Balaban J connectivity index is 1.55. The molecule has 1 aliphatic heterocycles. The van der Waals surface area contributed by atoms with Crippen LogP contribution in [0.1, 0.15) is 57.8 Å². The molecule has 5 fully saturated rings. The van der Waals surface area contributed by atoms with Gasteiger partial charge in [-0.3, -0.25) is 0 Å². The predicted octanol–water partition coefficient (Wildman–Crippen LogP) is 3.69. The molecule has 5 rings (SSSR count). The SMILES string of the molecule is C1CCN(CC23CC4C[C@@H](CC[C@@H](C4)C2)C3)C1. The third-order valence-corrected chi connectivity index (χ3v) is 6.24. The van der Waals surface area contributed by atoms with Gasteiger partial charge in [0.2, 0.25) is 0 Å². The van der Waals surface area contributed by atoms with Gasteiger partial charge in [-0.1, -0.05) is 12.8 Å². The van der Waals surface area contributed by atoms with E-state index in [2.05, 4.69) is 4.90 Å². The van der Waals surface area contributed by atoms with Crippen molar-refractivity contribution in [2.24, 2.45) is 23.2 Å². The molecule has 0 aromatic rings. The minimum Gasteiger partial charge on any atom is -0.303 e. The van der Waals surface area contributed by atoms with E-state index in [0.29, 0.717) is 0 Å². The first-order valence-corrected chi connectivity index (χ1v) is 8.04. The zero-order chi connectivity index (χ0) is 11.3. The third-order valence-electron chi connectivity index (χ3n) is 6.24. The average molecular weight is 233 g/mol. The summed E-state index contributed by atoms with van der Waals surface area (Å²) < 4.78 is 0. The number of hydrogen-bond donors (Lipinski definition) is 0. The number of hydrogen-bond acceptors (Lipinski definition) is 1. The van der Waals surface area contributed by atoms with E-state index >= 15 is 0 Å². The maximum Gasteiger partial charge on any atom is 0.00383 e. The topological polar surface area (TPSA) is 3.24 Å². The van der Waals surface area contributed by atoms with Crippen molar-refractivity contribution in [1.82, 2.24) is 4.90 Å². The lowest BCUT2D eigenvalue weighted by Gasteiger charge is -2.50. The van der Waals surface area contributed by atoms with Crippen LogP contribution in [0.4, 0.5) is 0 Å². The summed E-state index contributed by atoms with van der Waals surface area (Å²) in [6.07, 6.45) is 14.0. The summed E-state index contributed by atoms with van der Waals surface area (Å²) in [5.74, 6) is 3.35. The summed E-state index contributed by atoms with van der Waals surface area (Å²) in [4.78, 5) is 2.80. The second-order valence-electron chi connectivity index (χ2n) is 7.74. The molecule has 0 spiro atoms. The van der Waals surface area contributed by atoms with Crippen LogP contribution in [-0.2, 0) is 0 Å². The monoisotopic (exact) mass is 233 g/mol. The highest BCUT2D eigenvalue weighted by Crippen LogP contribution is 2.58. The first-order chi connectivity index (χ1) is 8.31. The normalized spacial score (nSPS) is 49.8. The molecule has 4 aliphatic carbocycles. The van der Waals surface area contributed by atoms with Crippen LogP contribution in [0.5, 0.6) is 0 Å². The summed E-state index contributed by atoms with van der Waals surface area (Å²) in [7, 11) is 0. The minimum absolute atomic E-state index is 0.775. The third kappa shape index (κ3) is 1.95. The summed E-state index contributed by atoms with van der Waals surface area (Å²) in [6.45, 7) is 4.28. The zero-order valence-electron chi connectivity index (χ0n) is 11.2. The van der Waals surface area contributed by atoms with E-state index in [-0.39, 0.29) is 0 Å². The Bertz CT molecular complexity index is 276. The Morgan fingerprint density at radius 2 is 1.41 bits per heavy atom. The van der Waals surface area contributed by atoms with Crippen LogP contribution in [-0.4, -0.2) is 24.5 Å². The van der Waals surface area contributed by atoms with Crippen molar-refractivity contribution in [3.63, 3.8) is 0 Å². The smallest absolute Gasteiger partial charge is 0.00383 e. The van der Waals surface area contributed by atoms with E-state index < -0.39 is 0 Å². The molecular formula is C16H27N. The van der Waals surface area contributed by atoms with Crippen LogP contribution in [0.2, 0.25) is 0 Å². The molecule has 17 heavy (non-hydrogen) atoms. The van der Waals surface area contributed by atoms with Gasteiger partial charge in [0.05, 0.1) is 0 Å². The Morgan fingerprint density at radius 1 is 0.824 bits per heavy atom. The van der Waals surface area contributed by atoms with Gasteiger partial charge in [0.1, 0.15) is 0 Å². The van der Waals surface area contributed by atoms with Gasteiger partial charge < -0.3 is 4.90 Å². The number of rotatable bonds is 2. The molecular weight excluding hydrogens is 206 g/mol.